The quantitative estimate of drug-likeness (QED) is 0.732. The van der Waals surface area contributed by atoms with E-state index in [1.807, 2.05) is 12.1 Å². The molecule has 0 radical (unpaired) electrons. The number of anilines is 1. The molecule has 3 heterocycles. The van der Waals surface area contributed by atoms with Gasteiger partial charge in [-0.05, 0) is 18.6 Å². The Morgan fingerprint density at radius 3 is 2.83 bits per heavy atom. The first kappa shape index (κ1) is 15.0. The van der Waals surface area contributed by atoms with Crippen molar-refractivity contribution < 1.29 is 9.15 Å². The summed E-state index contributed by atoms with van der Waals surface area (Å²) in [4.78, 5) is 11.2. The van der Waals surface area contributed by atoms with Gasteiger partial charge in [-0.25, -0.2) is 9.97 Å². The van der Waals surface area contributed by atoms with E-state index in [1.165, 1.54) is 0 Å². The Morgan fingerprint density at radius 1 is 1.21 bits per heavy atom. The predicted molar refractivity (Wildman–Crippen MR) is 88.8 cm³/mol. The molecule has 24 heavy (non-hydrogen) atoms. The number of aryl methyl sites for hydroxylation is 2. The van der Waals surface area contributed by atoms with Crippen LogP contribution in [-0.4, -0.2) is 39.9 Å². The molecule has 0 aliphatic carbocycles. The van der Waals surface area contributed by atoms with E-state index in [4.69, 9.17) is 9.15 Å². The van der Waals surface area contributed by atoms with Gasteiger partial charge >= 0.3 is 0 Å². The van der Waals surface area contributed by atoms with Crippen molar-refractivity contribution in [3.05, 3.63) is 41.9 Å². The number of hydrogen-bond acceptors (Lipinski definition) is 7. The monoisotopic (exact) mass is 325 g/mol. The molecule has 0 amide bonds. The molecule has 1 aliphatic heterocycles. The summed E-state index contributed by atoms with van der Waals surface area (Å²) in [7, 11) is 1.73. The number of hydrogen-bond donors (Lipinski definition) is 0. The van der Waals surface area contributed by atoms with Crippen LogP contribution in [0.25, 0.3) is 10.9 Å². The van der Waals surface area contributed by atoms with E-state index in [9.17, 15) is 0 Å². The highest BCUT2D eigenvalue weighted by Crippen LogP contribution is 2.38. The summed E-state index contributed by atoms with van der Waals surface area (Å²) in [6.45, 7) is 4.58. The van der Waals surface area contributed by atoms with Crippen LogP contribution < -0.4 is 4.90 Å². The number of ether oxygens (including phenoxy) is 1. The van der Waals surface area contributed by atoms with Gasteiger partial charge in [-0.2, -0.15) is 0 Å². The van der Waals surface area contributed by atoms with E-state index in [1.54, 1.807) is 20.4 Å². The number of methoxy groups -OCH3 is 1. The van der Waals surface area contributed by atoms with Crippen molar-refractivity contribution in [3.8, 4) is 0 Å². The molecule has 7 heteroatoms. The number of rotatable bonds is 3. The average molecular weight is 325 g/mol. The summed E-state index contributed by atoms with van der Waals surface area (Å²) in [5.74, 6) is 2.05. The lowest BCUT2D eigenvalue weighted by Gasteiger charge is -2.24. The van der Waals surface area contributed by atoms with E-state index in [-0.39, 0.29) is 12.1 Å². The standard InChI is InChI=1S/C17H19N5O2/c1-10-5-4-6-13-15(10)18-9-19-16(13)22-8-12(23-3)7-14(22)17-21-20-11(2)24-17/h4-6,9,12,14H,7-8H2,1-3H3/t12-,14+/m0/s1. The van der Waals surface area contributed by atoms with Crippen molar-refractivity contribution in [2.45, 2.75) is 32.4 Å². The third-order valence-electron chi connectivity index (χ3n) is 4.54. The molecule has 7 nitrogen and oxygen atoms in total. The molecule has 0 spiro atoms. The van der Waals surface area contributed by atoms with Crippen LogP contribution in [0.4, 0.5) is 5.82 Å². The second-order valence-electron chi connectivity index (χ2n) is 6.09. The highest BCUT2D eigenvalue weighted by Gasteiger charge is 2.38. The van der Waals surface area contributed by atoms with E-state index < -0.39 is 0 Å². The van der Waals surface area contributed by atoms with Crippen LogP contribution in [0.1, 0.15) is 29.8 Å². The summed E-state index contributed by atoms with van der Waals surface area (Å²) < 4.78 is 11.3. The third kappa shape index (κ3) is 2.41. The Labute approximate surface area is 139 Å². The molecule has 2 aromatic heterocycles. The lowest BCUT2D eigenvalue weighted by atomic mass is 10.1. The van der Waals surface area contributed by atoms with E-state index in [2.05, 4.69) is 38.1 Å². The molecule has 2 atom stereocenters. The smallest absolute Gasteiger partial charge is 0.238 e. The van der Waals surface area contributed by atoms with Crippen molar-refractivity contribution in [3.63, 3.8) is 0 Å². The van der Waals surface area contributed by atoms with Crippen LogP contribution >= 0.6 is 0 Å². The lowest BCUT2D eigenvalue weighted by molar-refractivity contribution is 0.117. The topological polar surface area (TPSA) is 77.2 Å². The maximum atomic E-state index is 5.68. The van der Waals surface area contributed by atoms with Crippen molar-refractivity contribution in [1.29, 1.82) is 0 Å². The van der Waals surface area contributed by atoms with Gasteiger partial charge in [0.2, 0.25) is 11.8 Å². The first-order valence-corrected chi connectivity index (χ1v) is 7.97. The molecule has 0 saturated carbocycles. The van der Waals surface area contributed by atoms with Gasteiger partial charge in [-0.3, -0.25) is 0 Å². The number of para-hydroxylation sites is 1. The summed E-state index contributed by atoms with van der Waals surface area (Å²) in [6, 6.07) is 6.09. The molecule has 124 valence electrons. The summed E-state index contributed by atoms with van der Waals surface area (Å²) in [5.41, 5.74) is 2.09. The Bertz CT molecular complexity index is 878. The van der Waals surface area contributed by atoms with Crippen LogP contribution in [0.2, 0.25) is 0 Å². The van der Waals surface area contributed by atoms with Gasteiger partial charge in [0.05, 0.1) is 11.6 Å². The van der Waals surface area contributed by atoms with Crippen LogP contribution in [0, 0.1) is 13.8 Å². The zero-order chi connectivity index (χ0) is 16.7. The van der Waals surface area contributed by atoms with Crippen molar-refractivity contribution in [2.24, 2.45) is 0 Å². The van der Waals surface area contributed by atoms with Gasteiger partial charge in [0.15, 0.2) is 0 Å². The molecular formula is C17H19N5O2. The van der Waals surface area contributed by atoms with Crippen LogP contribution in [0.15, 0.2) is 28.9 Å². The third-order valence-corrected chi connectivity index (χ3v) is 4.54. The second kappa shape index (κ2) is 5.83. The second-order valence-corrected chi connectivity index (χ2v) is 6.09. The number of benzene rings is 1. The van der Waals surface area contributed by atoms with Gasteiger partial charge in [-0.1, -0.05) is 12.1 Å². The Balaban J connectivity index is 1.83. The molecule has 1 aromatic carbocycles. The van der Waals surface area contributed by atoms with Crippen LogP contribution in [0.5, 0.6) is 0 Å². The maximum Gasteiger partial charge on any atom is 0.238 e. The van der Waals surface area contributed by atoms with Crippen LogP contribution in [0.3, 0.4) is 0 Å². The van der Waals surface area contributed by atoms with Crippen LogP contribution in [-0.2, 0) is 4.74 Å². The molecule has 1 fully saturated rings. The predicted octanol–water partition coefficient (Wildman–Crippen LogP) is 2.60. The summed E-state index contributed by atoms with van der Waals surface area (Å²) in [6.07, 6.45) is 2.49. The first-order chi connectivity index (χ1) is 11.7. The fraction of sp³-hybridized carbons (Fsp3) is 0.412. The molecule has 4 rings (SSSR count). The molecule has 0 bridgehead atoms. The van der Waals surface area contributed by atoms with Crippen molar-refractivity contribution in [2.75, 3.05) is 18.6 Å². The van der Waals surface area contributed by atoms with E-state index >= 15 is 0 Å². The SMILES string of the molecule is CO[C@H]1C[C@H](c2nnc(C)o2)N(c2ncnc3c(C)cccc23)C1. The number of fused-ring (bicyclic) bond motifs is 1. The molecule has 0 N–H and O–H groups in total. The van der Waals surface area contributed by atoms with Gasteiger partial charge in [0.1, 0.15) is 18.2 Å². The highest BCUT2D eigenvalue weighted by atomic mass is 16.5. The van der Waals surface area contributed by atoms with Gasteiger partial charge in [0, 0.05) is 32.4 Å². The average Bonchev–Trinajstić information content (AvgIpc) is 3.20. The van der Waals surface area contributed by atoms with Crippen molar-refractivity contribution >= 4 is 16.7 Å². The molecule has 1 saturated heterocycles. The highest BCUT2D eigenvalue weighted by molar-refractivity contribution is 5.91. The molecule has 1 aliphatic rings. The first-order valence-electron chi connectivity index (χ1n) is 7.97. The lowest BCUT2D eigenvalue weighted by Crippen LogP contribution is -2.26. The molecular weight excluding hydrogens is 306 g/mol. The largest absolute Gasteiger partial charge is 0.423 e. The minimum Gasteiger partial charge on any atom is -0.423 e. The van der Waals surface area contributed by atoms with Crippen molar-refractivity contribution in [1.82, 2.24) is 20.2 Å². The van der Waals surface area contributed by atoms with E-state index in [0.29, 0.717) is 11.8 Å². The number of aromatic nitrogens is 4. The van der Waals surface area contributed by atoms with Gasteiger partial charge < -0.3 is 14.1 Å². The maximum absolute atomic E-state index is 5.68. The summed E-state index contributed by atoms with van der Waals surface area (Å²) in [5, 5.41) is 9.21. The zero-order valence-electron chi connectivity index (χ0n) is 13.9. The minimum atomic E-state index is -0.0465. The van der Waals surface area contributed by atoms with Gasteiger partial charge in [-0.15, -0.1) is 10.2 Å². The molecule has 0 unspecified atom stereocenters. The normalized spacial score (nSPS) is 20.9. The number of nitrogens with zero attached hydrogens (tertiary/aromatic N) is 5. The van der Waals surface area contributed by atoms with E-state index in [0.717, 1.165) is 35.2 Å². The molecule has 3 aromatic rings. The Hall–Kier alpha value is -2.54. The Morgan fingerprint density at radius 2 is 2.08 bits per heavy atom. The summed E-state index contributed by atoms with van der Waals surface area (Å²) >= 11 is 0. The fourth-order valence-corrected chi connectivity index (χ4v) is 3.33. The minimum absolute atomic E-state index is 0.0465. The fourth-order valence-electron chi connectivity index (χ4n) is 3.33. The zero-order valence-corrected chi connectivity index (χ0v) is 13.9. The van der Waals surface area contributed by atoms with Gasteiger partial charge in [0.25, 0.3) is 0 Å². The Kier molecular flexibility index (Phi) is 3.65.